The lowest BCUT2D eigenvalue weighted by Crippen LogP contribution is -2.36. The number of rotatable bonds is 1. The molecule has 2 N–H and O–H groups in total. The lowest BCUT2D eigenvalue weighted by molar-refractivity contribution is 0.777. The number of aromatic nitrogens is 1. The number of hydrogen-bond donors (Lipinski definition) is 2. The van der Waals surface area contributed by atoms with Crippen molar-refractivity contribution in [2.75, 3.05) is 11.2 Å². The third-order valence-corrected chi connectivity index (χ3v) is 2.84. The number of hydrogen-bond acceptors (Lipinski definition) is 4. The summed E-state index contributed by atoms with van der Waals surface area (Å²) in [5.74, 6) is 0.550. The van der Waals surface area contributed by atoms with Gasteiger partial charge in [0, 0.05) is 12.4 Å². The highest BCUT2D eigenvalue weighted by atomic mass is 35.5. The third-order valence-electron chi connectivity index (χ3n) is 1.58. The fourth-order valence-electron chi connectivity index (χ4n) is 1.00. The molecule has 1 aliphatic heterocycles. The summed E-state index contributed by atoms with van der Waals surface area (Å²) < 4.78 is 3.16. The van der Waals surface area contributed by atoms with E-state index in [1.54, 1.807) is 18.1 Å². The van der Waals surface area contributed by atoms with Crippen molar-refractivity contribution >= 4 is 29.2 Å². The van der Waals surface area contributed by atoms with Crippen LogP contribution in [0.1, 0.15) is 0 Å². The molecule has 5 heteroatoms. The van der Waals surface area contributed by atoms with Crippen molar-refractivity contribution in [1.82, 2.24) is 9.71 Å². The van der Waals surface area contributed by atoms with Crippen LogP contribution in [-0.2, 0) is 0 Å². The molecule has 12 heavy (non-hydrogen) atoms. The van der Waals surface area contributed by atoms with Crippen LogP contribution in [0.5, 0.6) is 0 Å². The molecule has 0 radical (unpaired) electrons. The van der Waals surface area contributed by atoms with Crippen molar-refractivity contribution < 1.29 is 0 Å². The predicted octanol–water partition coefficient (Wildman–Crippen LogP) is 1.67. The number of alkyl halides is 1. The standard InChI is InChI=1S/C7H8ClN3S/c8-3-7-10-5-1-2-9-4-6(5)12-11-7/h1-2,4,7,10-11H,3H2. The Hall–Kier alpha value is -0.450. The van der Waals surface area contributed by atoms with Gasteiger partial charge in [-0.25, -0.2) is 4.72 Å². The van der Waals surface area contributed by atoms with Crippen LogP contribution in [0.3, 0.4) is 0 Å². The summed E-state index contributed by atoms with van der Waals surface area (Å²) in [6.45, 7) is 0. The zero-order valence-electron chi connectivity index (χ0n) is 6.25. The van der Waals surface area contributed by atoms with Gasteiger partial charge in [0.15, 0.2) is 0 Å². The predicted molar refractivity (Wildman–Crippen MR) is 51.4 cm³/mol. The molecule has 2 heterocycles. The average Bonchev–Trinajstić information content (AvgIpc) is 2.17. The smallest absolute Gasteiger partial charge is 0.100 e. The normalized spacial score (nSPS) is 21.2. The first-order valence-electron chi connectivity index (χ1n) is 3.59. The van der Waals surface area contributed by atoms with Crippen LogP contribution < -0.4 is 10.0 Å². The first-order chi connectivity index (χ1) is 5.90. The summed E-state index contributed by atoms with van der Waals surface area (Å²) in [4.78, 5) is 5.13. The average molecular weight is 202 g/mol. The van der Waals surface area contributed by atoms with Crippen LogP contribution in [0.25, 0.3) is 0 Å². The number of nitrogens with one attached hydrogen (secondary N) is 2. The van der Waals surface area contributed by atoms with Crippen molar-refractivity contribution in [2.24, 2.45) is 0 Å². The highest BCUT2D eigenvalue weighted by Gasteiger charge is 2.15. The summed E-state index contributed by atoms with van der Waals surface area (Å²) in [7, 11) is 0. The van der Waals surface area contributed by atoms with E-state index < -0.39 is 0 Å². The Balaban J connectivity index is 2.23. The van der Waals surface area contributed by atoms with Crippen molar-refractivity contribution in [3.05, 3.63) is 18.5 Å². The molecule has 0 fully saturated rings. The molecule has 3 nitrogen and oxygen atoms in total. The molecule has 0 aromatic carbocycles. The van der Waals surface area contributed by atoms with E-state index in [0.717, 1.165) is 10.6 Å². The van der Waals surface area contributed by atoms with E-state index in [4.69, 9.17) is 11.6 Å². The van der Waals surface area contributed by atoms with E-state index in [0.29, 0.717) is 5.88 Å². The van der Waals surface area contributed by atoms with E-state index >= 15 is 0 Å². The number of halogens is 1. The summed E-state index contributed by atoms with van der Waals surface area (Å²) in [5, 5.41) is 3.24. The minimum absolute atomic E-state index is 0.145. The molecule has 1 aromatic rings. The molecule has 0 aliphatic carbocycles. The molecule has 1 aromatic heterocycles. The summed E-state index contributed by atoms with van der Waals surface area (Å²) in [6, 6.07) is 1.95. The molecular formula is C7H8ClN3S. The third kappa shape index (κ3) is 1.50. The van der Waals surface area contributed by atoms with E-state index in [1.165, 1.54) is 0 Å². The highest BCUT2D eigenvalue weighted by molar-refractivity contribution is 7.97. The molecule has 1 unspecified atom stereocenters. The van der Waals surface area contributed by atoms with E-state index in [9.17, 15) is 0 Å². The maximum atomic E-state index is 5.69. The largest absolute Gasteiger partial charge is 0.367 e. The Labute approximate surface area is 80.0 Å². The molecule has 64 valence electrons. The van der Waals surface area contributed by atoms with Crippen LogP contribution in [0.2, 0.25) is 0 Å². The molecule has 1 aliphatic rings. The van der Waals surface area contributed by atoms with Crippen LogP contribution in [0.15, 0.2) is 23.4 Å². The van der Waals surface area contributed by atoms with Gasteiger partial charge in [0.1, 0.15) is 6.17 Å². The Morgan fingerprint density at radius 3 is 3.42 bits per heavy atom. The van der Waals surface area contributed by atoms with Gasteiger partial charge in [-0.3, -0.25) is 4.98 Å². The molecular weight excluding hydrogens is 194 g/mol. The number of pyridine rings is 1. The topological polar surface area (TPSA) is 37.0 Å². The van der Waals surface area contributed by atoms with E-state index in [1.807, 2.05) is 12.3 Å². The van der Waals surface area contributed by atoms with Gasteiger partial charge in [-0.05, 0) is 18.0 Å². The fourth-order valence-corrected chi connectivity index (χ4v) is 2.01. The Kier molecular flexibility index (Phi) is 2.39. The maximum Gasteiger partial charge on any atom is 0.100 e. The first-order valence-corrected chi connectivity index (χ1v) is 4.94. The lowest BCUT2D eigenvalue weighted by Gasteiger charge is -2.25. The molecule has 0 spiro atoms. The zero-order chi connectivity index (χ0) is 8.39. The minimum atomic E-state index is 0.145. The lowest BCUT2D eigenvalue weighted by atomic mass is 10.4. The Morgan fingerprint density at radius 2 is 2.58 bits per heavy atom. The monoisotopic (exact) mass is 201 g/mol. The van der Waals surface area contributed by atoms with Gasteiger partial charge in [-0.1, -0.05) is 0 Å². The second kappa shape index (κ2) is 3.51. The van der Waals surface area contributed by atoms with Crippen LogP contribution in [0.4, 0.5) is 5.69 Å². The highest BCUT2D eigenvalue weighted by Crippen LogP contribution is 2.28. The van der Waals surface area contributed by atoms with Gasteiger partial charge < -0.3 is 5.32 Å². The van der Waals surface area contributed by atoms with Crippen LogP contribution in [0, 0.1) is 0 Å². The molecule has 0 bridgehead atoms. The van der Waals surface area contributed by atoms with Crippen molar-refractivity contribution in [3.8, 4) is 0 Å². The molecule has 1 atom stereocenters. The van der Waals surface area contributed by atoms with Gasteiger partial charge in [-0.15, -0.1) is 11.6 Å². The SMILES string of the molecule is ClCC1NSc2cnccc2N1. The quantitative estimate of drug-likeness (QED) is 0.536. The summed E-state index contributed by atoms with van der Waals surface area (Å²) >= 11 is 7.25. The Bertz CT molecular complexity index is 281. The van der Waals surface area contributed by atoms with Crippen LogP contribution >= 0.6 is 23.5 Å². The number of nitrogens with zero attached hydrogens (tertiary/aromatic N) is 1. The number of anilines is 1. The van der Waals surface area contributed by atoms with Gasteiger partial charge in [-0.2, -0.15) is 0 Å². The second-order valence-corrected chi connectivity index (χ2v) is 3.63. The zero-order valence-corrected chi connectivity index (χ0v) is 7.82. The number of fused-ring (bicyclic) bond motifs is 1. The van der Waals surface area contributed by atoms with Crippen LogP contribution in [-0.4, -0.2) is 17.0 Å². The van der Waals surface area contributed by atoms with Crippen molar-refractivity contribution in [3.63, 3.8) is 0 Å². The minimum Gasteiger partial charge on any atom is -0.367 e. The maximum absolute atomic E-state index is 5.69. The second-order valence-electron chi connectivity index (χ2n) is 2.44. The van der Waals surface area contributed by atoms with Crippen molar-refractivity contribution in [1.29, 1.82) is 0 Å². The van der Waals surface area contributed by atoms with Gasteiger partial charge in [0.25, 0.3) is 0 Å². The van der Waals surface area contributed by atoms with Gasteiger partial charge in [0.05, 0.1) is 16.5 Å². The van der Waals surface area contributed by atoms with Crippen molar-refractivity contribution in [2.45, 2.75) is 11.1 Å². The molecule has 0 saturated carbocycles. The Morgan fingerprint density at radius 1 is 1.67 bits per heavy atom. The molecule has 0 amide bonds. The fraction of sp³-hybridized carbons (Fsp3) is 0.286. The van der Waals surface area contributed by atoms with Gasteiger partial charge >= 0.3 is 0 Å². The summed E-state index contributed by atoms with van der Waals surface area (Å²) in [5.41, 5.74) is 1.10. The van der Waals surface area contributed by atoms with Gasteiger partial charge in [0.2, 0.25) is 0 Å². The molecule has 0 saturated heterocycles. The van der Waals surface area contributed by atoms with E-state index in [-0.39, 0.29) is 6.17 Å². The summed E-state index contributed by atoms with van der Waals surface area (Å²) in [6.07, 6.45) is 3.74. The molecule has 2 rings (SSSR count). The van der Waals surface area contributed by atoms with E-state index in [2.05, 4.69) is 15.0 Å². The first kappa shape index (κ1) is 8.16.